The lowest BCUT2D eigenvalue weighted by molar-refractivity contribution is -0.939. The lowest BCUT2D eigenvalue weighted by Crippen LogP contribution is -2.53. The van der Waals surface area contributed by atoms with Gasteiger partial charge in [-0.3, -0.25) is 0 Å². The lowest BCUT2D eigenvalue weighted by Gasteiger charge is -2.50. The highest BCUT2D eigenvalue weighted by molar-refractivity contribution is 5.57. The number of hydrogen-bond donors (Lipinski definition) is 1. The van der Waals surface area contributed by atoms with Crippen LogP contribution in [-0.2, 0) is 13.0 Å². The predicted molar refractivity (Wildman–Crippen MR) is 96.1 cm³/mol. The van der Waals surface area contributed by atoms with Gasteiger partial charge in [0.15, 0.2) is 23.0 Å². The maximum Gasteiger partial charge on any atom is 0.231 e. The van der Waals surface area contributed by atoms with Crippen molar-refractivity contribution in [2.24, 2.45) is 0 Å². The Morgan fingerprint density at radius 1 is 0.926 bits per heavy atom. The van der Waals surface area contributed by atoms with Gasteiger partial charge in [-0.1, -0.05) is 6.07 Å². The largest absolute Gasteiger partial charge is 0.454 e. The van der Waals surface area contributed by atoms with Crippen LogP contribution in [0.2, 0.25) is 0 Å². The average molecular weight is 368 g/mol. The first kappa shape index (κ1) is 15.6. The van der Waals surface area contributed by atoms with Crippen molar-refractivity contribution in [2.75, 3.05) is 27.7 Å². The van der Waals surface area contributed by atoms with Crippen molar-refractivity contribution in [3.05, 3.63) is 46.5 Å². The quantitative estimate of drug-likeness (QED) is 0.724. The Morgan fingerprint density at radius 3 is 2.52 bits per heavy atom. The molecule has 140 valence electrons. The number of fused-ring (bicyclic) bond motifs is 8. The van der Waals surface area contributed by atoms with Crippen molar-refractivity contribution in [1.82, 2.24) is 0 Å². The maximum atomic E-state index is 11.2. The van der Waals surface area contributed by atoms with Gasteiger partial charge in [0.2, 0.25) is 13.6 Å². The molecule has 3 aliphatic heterocycles. The van der Waals surface area contributed by atoms with Gasteiger partial charge in [0.05, 0.1) is 31.7 Å². The van der Waals surface area contributed by atoms with Crippen molar-refractivity contribution in [1.29, 1.82) is 0 Å². The molecular weight excluding hydrogens is 346 g/mol. The van der Waals surface area contributed by atoms with Gasteiger partial charge < -0.3 is 28.5 Å². The van der Waals surface area contributed by atoms with Gasteiger partial charge in [-0.2, -0.15) is 0 Å². The number of benzene rings is 2. The number of ether oxygens (including phenoxy) is 4. The van der Waals surface area contributed by atoms with Crippen molar-refractivity contribution in [3.8, 4) is 23.0 Å². The Labute approximate surface area is 157 Å². The molecule has 2 aromatic carbocycles. The van der Waals surface area contributed by atoms with E-state index in [-0.39, 0.29) is 25.5 Å². The molecule has 0 unspecified atom stereocenters. The molecule has 0 spiro atoms. The standard InChI is InChI=1S/C21H22NO5/c1-22(2)8-14-12(3-4-16-21(14)27-10-24-16)19-15(23)5-11-6-17-18(26-9-25-17)7-13(11)20(19)22/h3-4,6-7,15,19-20,23H,5,8-10H2,1-2H3/q+1/t15-,19-,20+/m0/s1. The van der Waals surface area contributed by atoms with E-state index < -0.39 is 6.10 Å². The molecule has 2 aromatic rings. The molecule has 0 bridgehead atoms. The van der Waals surface area contributed by atoms with Gasteiger partial charge in [0.25, 0.3) is 0 Å². The number of aliphatic hydroxyl groups is 1. The molecule has 0 amide bonds. The molecule has 0 radical (unpaired) electrons. The summed E-state index contributed by atoms with van der Waals surface area (Å²) in [6.07, 6.45) is 0.154. The van der Waals surface area contributed by atoms with E-state index in [2.05, 4.69) is 26.2 Å². The Hall–Kier alpha value is -2.44. The van der Waals surface area contributed by atoms with Crippen LogP contribution in [0, 0.1) is 0 Å². The van der Waals surface area contributed by atoms with Crippen LogP contribution < -0.4 is 18.9 Å². The third-order valence-corrected chi connectivity index (χ3v) is 6.49. The summed E-state index contributed by atoms with van der Waals surface area (Å²) in [7, 11) is 4.45. The fourth-order valence-corrected chi connectivity index (χ4v) is 5.42. The van der Waals surface area contributed by atoms with E-state index in [9.17, 15) is 5.11 Å². The summed E-state index contributed by atoms with van der Waals surface area (Å²) in [4.78, 5) is 0. The van der Waals surface area contributed by atoms with Crippen LogP contribution in [0.25, 0.3) is 0 Å². The Morgan fingerprint density at radius 2 is 1.67 bits per heavy atom. The molecule has 0 saturated heterocycles. The second-order valence-corrected chi connectivity index (χ2v) is 8.45. The average Bonchev–Trinajstić information content (AvgIpc) is 3.27. The van der Waals surface area contributed by atoms with E-state index in [1.54, 1.807) is 0 Å². The first-order valence-corrected chi connectivity index (χ1v) is 9.37. The monoisotopic (exact) mass is 368 g/mol. The van der Waals surface area contributed by atoms with Crippen LogP contribution in [0.15, 0.2) is 24.3 Å². The first-order chi connectivity index (χ1) is 13.0. The minimum Gasteiger partial charge on any atom is -0.454 e. The highest BCUT2D eigenvalue weighted by Crippen LogP contribution is 2.56. The van der Waals surface area contributed by atoms with Crippen LogP contribution >= 0.6 is 0 Å². The van der Waals surface area contributed by atoms with Crippen LogP contribution in [0.3, 0.4) is 0 Å². The molecule has 3 atom stereocenters. The van der Waals surface area contributed by atoms with E-state index in [4.69, 9.17) is 18.9 Å². The zero-order chi connectivity index (χ0) is 18.3. The predicted octanol–water partition coefficient (Wildman–Crippen LogP) is 2.48. The number of likely N-dealkylation sites (N-methyl/N-ethyl adjacent to an activating group) is 1. The Balaban J connectivity index is 1.57. The highest BCUT2D eigenvalue weighted by Gasteiger charge is 2.51. The first-order valence-electron chi connectivity index (χ1n) is 9.37. The molecule has 1 N–H and O–H groups in total. The summed E-state index contributed by atoms with van der Waals surface area (Å²) in [5, 5.41) is 11.2. The van der Waals surface area contributed by atoms with Crippen molar-refractivity contribution in [2.45, 2.75) is 31.0 Å². The van der Waals surface area contributed by atoms with Gasteiger partial charge >= 0.3 is 0 Å². The van der Waals surface area contributed by atoms with E-state index in [1.165, 1.54) is 16.7 Å². The van der Waals surface area contributed by atoms with Gasteiger partial charge in [-0.15, -0.1) is 0 Å². The summed E-state index contributed by atoms with van der Waals surface area (Å²) in [5.74, 6) is 3.25. The van der Waals surface area contributed by atoms with Crippen LogP contribution in [0.1, 0.15) is 34.2 Å². The summed E-state index contributed by atoms with van der Waals surface area (Å²) >= 11 is 0. The molecular formula is C21H22NO5+. The number of aliphatic hydroxyl groups excluding tert-OH is 1. The maximum absolute atomic E-state index is 11.2. The molecule has 0 fully saturated rings. The molecule has 4 aliphatic rings. The zero-order valence-electron chi connectivity index (χ0n) is 15.4. The number of hydrogen-bond acceptors (Lipinski definition) is 5. The van der Waals surface area contributed by atoms with Crippen LogP contribution in [-0.4, -0.2) is 43.4 Å². The summed E-state index contributed by atoms with van der Waals surface area (Å²) in [6.45, 7) is 1.35. The topological polar surface area (TPSA) is 57.2 Å². The second-order valence-electron chi connectivity index (χ2n) is 8.45. The third kappa shape index (κ3) is 2.02. The molecule has 0 saturated carbocycles. The number of rotatable bonds is 0. The Bertz CT molecular complexity index is 970. The van der Waals surface area contributed by atoms with E-state index in [1.807, 2.05) is 12.1 Å². The van der Waals surface area contributed by atoms with Crippen molar-refractivity contribution in [3.63, 3.8) is 0 Å². The fourth-order valence-electron chi connectivity index (χ4n) is 5.42. The molecule has 6 heteroatoms. The van der Waals surface area contributed by atoms with E-state index in [0.29, 0.717) is 6.42 Å². The second kappa shape index (κ2) is 5.09. The Kier molecular flexibility index (Phi) is 2.94. The van der Waals surface area contributed by atoms with Crippen LogP contribution in [0.5, 0.6) is 23.0 Å². The smallest absolute Gasteiger partial charge is 0.231 e. The highest BCUT2D eigenvalue weighted by atomic mass is 16.7. The summed E-state index contributed by atoms with van der Waals surface area (Å²) in [6, 6.07) is 8.41. The van der Waals surface area contributed by atoms with Gasteiger partial charge in [0.1, 0.15) is 12.6 Å². The van der Waals surface area contributed by atoms with E-state index >= 15 is 0 Å². The lowest BCUT2D eigenvalue weighted by atomic mass is 9.69. The fraction of sp³-hybridized carbons (Fsp3) is 0.429. The van der Waals surface area contributed by atoms with Crippen molar-refractivity contribution >= 4 is 0 Å². The summed E-state index contributed by atoms with van der Waals surface area (Å²) in [5.41, 5.74) is 4.75. The third-order valence-electron chi connectivity index (χ3n) is 6.49. The summed E-state index contributed by atoms with van der Waals surface area (Å²) < 4.78 is 23.3. The van der Waals surface area contributed by atoms with Crippen LogP contribution in [0.4, 0.5) is 0 Å². The van der Waals surface area contributed by atoms with Gasteiger partial charge in [-0.05, 0) is 35.7 Å². The number of nitrogens with zero attached hydrogens (tertiary/aromatic N) is 1. The van der Waals surface area contributed by atoms with Gasteiger partial charge in [-0.25, -0.2) is 0 Å². The minimum atomic E-state index is -0.459. The zero-order valence-corrected chi connectivity index (χ0v) is 15.4. The minimum absolute atomic E-state index is 0.00567. The SMILES string of the molecule is C[N+]1(C)Cc2c(ccc3c2OCO3)[C@@H]2[C@H]1c1cc3c(cc1C[C@@H]2O)OCO3. The molecule has 27 heavy (non-hydrogen) atoms. The molecule has 1 aliphatic carbocycles. The van der Waals surface area contributed by atoms with Crippen molar-refractivity contribution < 1.29 is 28.5 Å². The van der Waals surface area contributed by atoms with Gasteiger partial charge in [0, 0.05) is 5.56 Å². The molecule has 6 nitrogen and oxygen atoms in total. The molecule has 3 heterocycles. The molecule has 6 rings (SSSR count). The molecule has 0 aromatic heterocycles. The normalized spacial score (nSPS) is 28.3. The van der Waals surface area contributed by atoms with E-state index in [0.717, 1.165) is 39.6 Å². The number of quaternary nitrogens is 1.